The minimum absolute atomic E-state index is 0.526. The van der Waals surface area contributed by atoms with Crippen LogP contribution in [0.15, 0.2) is 18.2 Å². The van der Waals surface area contributed by atoms with E-state index in [2.05, 4.69) is 10.4 Å². The van der Waals surface area contributed by atoms with Gasteiger partial charge in [-0.25, -0.2) is 4.98 Å². The molecule has 0 spiro atoms. The van der Waals surface area contributed by atoms with E-state index in [1.165, 1.54) is 0 Å². The van der Waals surface area contributed by atoms with Gasteiger partial charge in [-0.05, 0) is 18.2 Å². The summed E-state index contributed by atoms with van der Waals surface area (Å²) in [6.45, 7) is 0.665. The molecular weight excluding hydrogens is 206 g/mol. The van der Waals surface area contributed by atoms with Gasteiger partial charge < -0.3 is 0 Å². The maximum Gasteiger partial charge on any atom is 0.129 e. The molecule has 0 saturated carbocycles. The predicted molar refractivity (Wildman–Crippen MR) is 55.7 cm³/mol. The van der Waals surface area contributed by atoms with Gasteiger partial charge in [-0.15, -0.1) is 11.3 Å². The van der Waals surface area contributed by atoms with Crippen molar-refractivity contribution in [2.45, 2.75) is 6.54 Å². The van der Waals surface area contributed by atoms with Gasteiger partial charge in [-0.3, -0.25) is 11.3 Å². The molecule has 0 unspecified atom stereocenters. The average Bonchev–Trinajstić information content (AvgIpc) is 2.46. The molecule has 0 saturated heterocycles. The molecule has 0 atom stereocenters. The first kappa shape index (κ1) is 8.90. The van der Waals surface area contributed by atoms with Crippen LogP contribution in [0.4, 0.5) is 0 Å². The lowest BCUT2D eigenvalue weighted by Gasteiger charge is -1.89. The summed E-state index contributed by atoms with van der Waals surface area (Å²) in [5.74, 6) is 5.22. The van der Waals surface area contributed by atoms with E-state index >= 15 is 0 Å². The Balaban J connectivity index is 2.49. The van der Waals surface area contributed by atoms with Crippen molar-refractivity contribution in [3.63, 3.8) is 0 Å². The number of nitrogens with one attached hydrogen (secondary N) is 1. The molecule has 2 rings (SSSR count). The normalized spacial score (nSPS) is 10.9. The van der Waals surface area contributed by atoms with Crippen molar-refractivity contribution in [1.29, 1.82) is 0 Å². The smallest absolute Gasteiger partial charge is 0.129 e. The Labute approximate surface area is 84.5 Å². The highest BCUT2D eigenvalue weighted by Gasteiger charge is 2.02. The number of aromatic nitrogens is 1. The van der Waals surface area contributed by atoms with Crippen LogP contribution >= 0.6 is 22.9 Å². The highest BCUT2D eigenvalue weighted by Crippen LogP contribution is 2.25. The molecule has 13 heavy (non-hydrogen) atoms. The highest BCUT2D eigenvalue weighted by atomic mass is 35.5. The molecule has 0 aliphatic carbocycles. The van der Waals surface area contributed by atoms with E-state index in [1.54, 1.807) is 17.4 Å². The number of halogens is 1. The van der Waals surface area contributed by atoms with Crippen molar-refractivity contribution in [2.24, 2.45) is 5.84 Å². The van der Waals surface area contributed by atoms with Crippen LogP contribution in [0.5, 0.6) is 0 Å². The average molecular weight is 214 g/mol. The number of rotatable bonds is 2. The maximum absolute atomic E-state index is 5.76. The van der Waals surface area contributed by atoms with Crippen molar-refractivity contribution >= 4 is 33.2 Å². The van der Waals surface area contributed by atoms with Crippen LogP contribution in [0.1, 0.15) is 4.88 Å². The van der Waals surface area contributed by atoms with Crippen LogP contribution < -0.4 is 11.3 Å². The number of fused-ring (bicyclic) bond motifs is 1. The van der Waals surface area contributed by atoms with Gasteiger partial charge in [0.05, 0.1) is 10.2 Å². The summed E-state index contributed by atoms with van der Waals surface area (Å²) >= 11 is 7.43. The topological polar surface area (TPSA) is 50.9 Å². The van der Waals surface area contributed by atoms with E-state index in [1.807, 2.05) is 12.1 Å². The Hall–Kier alpha value is -0.680. The van der Waals surface area contributed by atoms with E-state index in [4.69, 9.17) is 17.4 Å². The zero-order valence-electron chi connectivity index (χ0n) is 6.75. The molecule has 68 valence electrons. The minimum Gasteiger partial charge on any atom is -0.271 e. The molecule has 0 aromatic carbocycles. The number of hydrazine groups is 1. The van der Waals surface area contributed by atoms with E-state index < -0.39 is 0 Å². The fraction of sp³-hybridized carbons (Fsp3) is 0.125. The third-order valence-electron chi connectivity index (χ3n) is 1.67. The molecule has 3 N–H and O–H groups in total. The summed E-state index contributed by atoms with van der Waals surface area (Å²) in [4.78, 5) is 5.35. The number of nitrogens with zero attached hydrogens (tertiary/aromatic N) is 1. The first-order valence-corrected chi connectivity index (χ1v) is 4.97. The summed E-state index contributed by atoms with van der Waals surface area (Å²) in [6, 6.07) is 5.75. The lowest BCUT2D eigenvalue weighted by molar-refractivity contribution is 0.751. The van der Waals surface area contributed by atoms with Crippen molar-refractivity contribution in [3.8, 4) is 0 Å². The fourth-order valence-corrected chi connectivity index (χ4v) is 2.25. The summed E-state index contributed by atoms with van der Waals surface area (Å²) in [5, 5.41) is 0.526. The molecule has 0 aliphatic rings. The molecule has 0 aliphatic heterocycles. The van der Waals surface area contributed by atoms with E-state index in [0.29, 0.717) is 11.7 Å². The number of hydrogen-bond donors (Lipinski definition) is 2. The molecule has 2 aromatic rings. The first-order valence-electron chi connectivity index (χ1n) is 3.78. The Bertz CT molecular complexity index is 426. The largest absolute Gasteiger partial charge is 0.271 e. The Kier molecular flexibility index (Phi) is 2.46. The second kappa shape index (κ2) is 3.59. The van der Waals surface area contributed by atoms with Gasteiger partial charge in [0.2, 0.25) is 0 Å². The van der Waals surface area contributed by atoms with Crippen molar-refractivity contribution in [3.05, 3.63) is 28.2 Å². The fourth-order valence-electron chi connectivity index (χ4n) is 1.14. The SMILES string of the molecule is NNCc1cc2nc(Cl)ccc2s1. The van der Waals surface area contributed by atoms with E-state index in [9.17, 15) is 0 Å². The van der Waals surface area contributed by atoms with Gasteiger partial charge in [-0.1, -0.05) is 11.6 Å². The van der Waals surface area contributed by atoms with Crippen molar-refractivity contribution in [1.82, 2.24) is 10.4 Å². The Morgan fingerprint density at radius 1 is 1.54 bits per heavy atom. The first-order chi connectivity index (χ1) is 6.29. The van der Waals surface area contributed by atoms with Crippen LogP contribution in [0, 0.1) is 0 Å². The van der Waals surface area contributed by atoms with Crippen LogP contribution in [-0.2, 0) is 6.54 Å². The predicted octanol–water partition coefficient (Wildman–Crippen LogP) is 1.91. The van der Waals surface area contributed by atoms with Crippen LogP contribution in [0.3, 0.4) is 0 Å². The number of nitrogens with two attached hydrogens (primary N) is 1. The van der Waals surface area contributed by atoms with Gasteiger partial charge in [0.15, 0.2) is 0 Å². The second-order valence-electron chi connectivity index (χ2n) is 2.61. The van der Waals surface area contributed by atoms with Crippen LogP contribution in [-0.4, -0.2) is 4.98 Å². The van der Waals surface area contributed by atoms with Gasteiger partial charge >= 0.3 is 0 Å². The number of pyridine rings is 1. The Morgan fingerprint density at radius 3 is 3.15 bits per heavy atom. The maximum atomic E-state index is 5.76. The summed E-state index contributed by atoms with van der Waals surface area (Å²) in [7, 11) is 0. The molecule has 2 aromatic heterocycles. The second-order valence-corrected chi connectivity index (χ2v) is 4.17. The van der Waals surface area contributed by atoms with Gasteiger partial charge in [0.25, 0.3) is 0 Å². The summed E-state index contributed by atoms with van der Waals surface area (Å²) in [6.07, 6.45) is 0. The monoisotopic (exact) mass is 213 g/mol. The molecule has 2 heterocycles. The third kappa shape index (κ3) is 1.81. The Morgan fingerprint density at radius 2 is 2.38 bits per heavy atom. The number of hydrogen-bond acceptors (Lipinski definition) is 4. The van der Waals surface area contributed by atoms with Crippen molar-refractivity contribution in [2.75, 3.05) is 0 Å². The van der Waals surface area contributed by atoms with Crippen LogP contribution in [0.25, 0.3) is 10.2 Å². The number of thiophene rings is 1. The molecule has 5 heteroatoms. The van der Waals surface area contributed by atoms with Crippen LogP contribution in [0.2, 0.25) is 5.15 Å². The summed E-state index contributed by atoms with van der Waals surface area (Å²) in [5.41, 5.74) is 3.54. The van der Waals surface area contributed by atoms with E-state index in [0.717, 1.165) is 15.1 Å². The molecule has 0 bridgehead atoms. The molecule has 0 radical (unpaired) electrons. The summed E-state index contributed by atoms with van der Waals surface area (Å²) < 4.78 is 1.13. The molecule has 3 nitrogen and oxygen atoms in total. The minimum atomic E-state index is 0.526. The lowest BCUT2D eigenvalue weighted by Crippen LogP contribution is -2.19. The zero-order valence-corrected chi connectivity index (χ0v) is 8.32. The zero-order chi connectivity index (χ0) is 9.26. The molecule has 0 fully saturated rings. The van der Waals surface area contributed by atoms with Crippen molar-refractivity contribution < 1.29 is 0 Å². The quantitative estimate of drug-likeness (QED) is 0.455. The molecule has 0 amide bonds. The van der Waals surface area contributed by atoms with Gasteiger partial charge in [0, 0.05) is 11.4 Å². The lowest BCUT2D eigenvalue weighted by atomic mass is 10.4. The standard InChI is InChI=1S/C8H8ClN3S/c9-8-2-1-7-6(12-8)3-5(13-7)4-11-10/h1-3,11H,4,10H2. The van der Waals surface area contributed by atoms with E-state index in [-0.39, 0.29) is 0 Å². The highest BCUT2D eigenvalue weighted by molar-refractivity contribution is 7.19. The molecular formula is C8H8ClN3S. The van der Waals surface area contributed by atoms with Gasteiger partial charge in [0.1, 0.15) is 5.15 Å². The van der Waals surface area contributed by atoms with Gasteiger partial charge in [-0.2, -0.15) is 0 Å². The third-order valence-corrected chi connectivity index (χ3v) is 2.97.